The zero-order chi connectivity index (χ0) is 0. The molecular weight excluding hydrogens is 204 g/mol. The van der Waals surface area contributed by atoms with E-state index in [9.17, 15) is 0 Å². The van der Waals surface area contributed by atoms with Crippen LogP contribution in [0, 0.1) is 0 Å². The molecule has 4 nitrogen and oxygen atoms in total. The van der Waals surface area contributed by atoms with Gasteiger partial charge in [0.15, 0.2) is 0 Å². The van der Waals surface area contributed by atoms with Crippen molar-refractivity contribution >= 4 is 0 Å². The molecule has 0 bridgehead atoms. The Morgan fingerprint density at radius 3 is 0.500 bits per heavy atom. The van der Waals surface area contributed by atoms with Gasteiger partial charge < -0.3 is 21.9 Å². The van der Waals surface area contributed by atoms with Gasteiger partial charge in [-0.05, 0) is 0 Å². The molecule has 0 saturated heterocycles. The number of hydrogen-bond acceptors (Lipinski definition) is 0. The molecule has 0 amide bonds. The van der Waals surface area contributed by atoms with Gasteiger partial charge in [0.2, 0.25) is 0 Å². The van der Waals surface area contributed by atoms with Gasteiger partial charge in [-0.1, -0.05) is 0 Å². The summed E-state index contributed by atoms with van der Waals surface area (Å²) in [5.41, 5.74) is 0. The van der Waals surface area contributed by atoms with Crippen molar-refractivity contribution in [3.63, 3.8) is 0 Å². The van der Waals surface area contributed by atoms with E-state index in [0.717, 1.165) is 0 Å². The monoisotopic (exact) mass is 213 g/mol. The summed E-state index contributed by atoms with van der Waals surface area (Å²) in [6.07, 6.45) is 0. The molecule has 0 spiro atoms. The van der Waals surface area contributed by atoms with Gasteiger partial charge in [0.05, 0.1) is 0 Å². The Morgan fingerprint density at radius 2 is 0.500 bits per heavy atom. The zero-order valence-corrected chi connectivity index (χ0v) is 8.21. The molecule has 0 rings (SSSR count). The molecule has 40 valence electrons. The molecule has 8 N–H and O–H groups in total. The molecule has 0 aliphatic carbocycles. The second kappa shape index (κ2) is 59.9. The van der Waals surface area contributed by atoms with Gasteiger partial charge in [0.1, 0.15) is 0 Å². The average Bonchev–Trinajstić information content (AvgIpc) is 0. The summed E-state index contributed by atoms with van der Waals surface area (Å²) in [5, 5.41) is 0. The SMILES string of the molecule is O.O.O.O.[K+].[Ru]. The van der Waals surface area contributed by atoms with E-state index < -0.39 is 0 Å². The van der Waals surface area contributed by atoms with Crippen LogP contribution < -0.4 is 51.4 Å². The largest absolute Gasteiger partial charge is 1.00 e. The van der Waals surface area contributed by atoms with Crippen LogP contribution >= 0.6 is 0 Å². The van der Waals surface area contributed by atoms with E-state index in [0.29, 0.717) is 0 Å². The summed E-state index contributed by atoms with van der Waals surface area (Å²) < 4.78 is 0. The third-order valence-electron chi connectivity index (χ3n) is 0. The van der Waals surface area contributed by atoms with Crippen LogP contribution in [0.2, 0.25) is 0 Å². The van der Waals surface area contributed by atoms with E-state index >= 15 is 0 Å². The van der Waals surface area contributed by atoms with Crippen LogP contribution in [0.4, 0.5) is 0 Å². The number of rotatable bonds is 0. The fraction of sp³-hybridized carbons (Fsp3) is 0. The van der Waals surface area contributed by atoms with Crippen molar-refractivity contribution in [2.24, 2.45) is 0 Å². The molecule has 6 heavy (non-hydrogen) atoms. The first-order valence-corrected chi connectivity index (χ1v) is 0. The van der Waals surface area contributed by atoms with Crippen molar-refractivity contribution in [3.8, 4) is 0 Å². The van der Waals surface area contributed by atoms with Crippen LogP contribution in [0.25, 0.3) is 0 Å². The first kappa shape index (κ1) is 92.6. The van der Waals surface area contributed by atoms with E-state index in [-0.39, 0.29) is 92.8 Å². The van der Waals surface area contributed by atoms with Crippen molar-refractivity contribution < 1.29 is 92.8 Å². The first-order chi connectivity index (χ1) is 0. The topological polar surface area (TPSA) is 126 Å². The Morgan fingerprint density at radius 1 is 0.500 bits per heavy atom. The minimum atomic E-state index is 0. The third-order valence-corrected chi connectivity index (χ3v) is 0. The summed E-state index contributed by atoms with van der Waals surface area (Å²) in [4.78, 5) is 0. The van der Waals surface area contributed by atoms with Crippen molar-refractivity contribution in [1.29, 1.82) is 0 Å². The maximum Gasteiger partial charge on any atom is 1.00 e. The minimum Gasteiger partial charge on any atom is -0.412 e. The molecule has 0 aromatic carbocycles. The predicted molar refractivity (Wildman–Crippen MR) is 14.5 cm³/mol. The van der Waals surface area contributed by atoms with E-state index in [2.05, 4.69) is 0 Å². The molecule has 0 atom stereocenters. The van der Waals surface area contributed by atoms with Crippen molar-refractivity contribution in [3.05, 3.63) is 0 Å². The Balaban J connectivity index is 0. The second-order valence-electron chi connectivity index (χ2n) is 0. The molecule has 0 aromatic heterocycles. The standard InChI is InChI=1S/K.4H2O.Ru/h;4*1H2;/q+1;;;;;. The molecule has 0 radical (unpaired) electrons. The van der Waals surface area contributed by atoms with Gasteiger partial charge in [-0.15, -0.1) is 0 Å². The third kappa shape index (κ3) is 36.0. The molecule has 0 heterocycles. The van der Waals surface area contributed by atoms with Crippen LogP contribution in [0.1, 0.15) is 0 Å². The van der Waals surface area contributed by atoms with Crippen LogP contribution in [0.5, 0.6) is 0 Å². The Hall–Kier alpha value is 2.10. The van der Waals surface area contributed by atoms with E-state index in [1.54, 1.807) is 0 Å². The smallest absolute Gasteiger partial charge is 0.412 e. The van der Waals surface area contributed by atoms with Gasteiger partial charge in [-0.2, -0.15) is 0 Å². The summed E-state index contributed by atoms with van der Waals surface area (Å²) in [5.74, 6) is 0. The Kier molecular flexibility index (Phi) is 925. The fourth-order valence-corrected chi connectivity index (χ4v) is 0. The normalized spacial score (nSPS) is 0. The maximum atomic E-state index is 0. The average molecular weight is 212 g/mol. The fourth-order valence-electron chi connectivity index (χ4n) is 0. The summed E-state index contributed by atoms with van der Waals surface area (Å²) >= 11 is 0. The molecule has 0 aromatic rings. The van der Waals surface area contributed by atoms with Crippen LogP contribution in [-0.2, 0) is 19.5 Å². The molecule has 6 heteroatoms. The van der Waals surface area contributed by atoms with E-state index in [1.807, 2.05) is 0 Å². The van der Waals surface area contributed by atoms with Crippen molar-refractivity contribution in [2.45, 2.75) is 0 Å². The molecule has 0 fully saturated rings. The van der Waals surface area contributed by atoms with Gasteiger partial charge in [0, 0.05) is 19.5 Å². The number of hydrogen-bond donors (Lipinski definition) is 0. The van der Waals surface area contributed by atoms with Crippen molar-refractivity contribution in [2.75, 3.05) is 0 Å². The van der Waals surface area contributed by atoms with Gasteiger partial charge in [-0.25, -0.2) is 0 Å². The van der Waals surface area contributed by atoms with Crippen LogP contribution in [-0.4, -0.2) is 21.9 Å². The van der Waals surface area contributed by atoms with Crippen molar-refractivity contribution in [1.82, 2.24) is 0 Å². The van der Waals surface area contributed by atoms with Crippen LogP contribution in [0.3, 0.4) is 0 Å². The maximum absolute atomic E-state index is 0. The first-order valence-electron chi connectivity index (χ1n) is 0. The van der Waals surface area contributed by atoms with E-state index in [4.69, 9.17) is 0 Å². The predicted octanol–water partition coefficient (Wildman–Crippen LogP) is -6.30. The van der Waals surface area contributed by atoms with Gasteiger partial charge in [-0.3, -0.25) is 0 Å². The van der Waals surface area contributed by atoms with Gasteiger partial charge >= 0.3 is 51.4 Å². The van der Waals surface area contributed by atoms with Gasteiger partial charge in [0.25, 0.3) is 0 Å². The molecule has 0 aliphatic rings. The molecular formula is H8KO4Ru+. The summed E-state index contributed by atoms with van der Waals surface area (Å²) in [6.45, 7) is 0. The minimum absolute atomic E-state index is 0. The second-order valence-corrected chi connectivity index (χ2v) is 0. The Bertz CT molecular complexity index is 7.51. The Labute approximate surface area is 91.1 Å². The molecule has 0 unspecified atom stereocenters. The zero-order valence-electron chi connectivity index (χ0n) is 3.35. The summed E-state index contributed by atoms with van der Waals surface area (Å²) in [6, 6.07) is 0. The molecule has 0 saturated carbocycles. The summed E-state index contributed by atoms with van der Waals surface area (Å²) in [7, 11) is 0. The van der Waals surface area contributed by atoms with E-state index in [1.165, 1.54) is 0 Å². The van der Waals surface area contributed by atoms with Crippen LogP contribution in [0.15, 0.2) is 0 Å². The molecule has 0 aliphatic heterocycles. The quantitative estimate of drug-likeness (QED) is 0.354.